The maximum Gasteiger partial charge on any atom is 0.234 e. The Morgan fingerprint density at radius 2 is 1.92 bits per heavy atom. The second-order valence-electron chi connectivity index (χ2n) is 7.04. The SMILES string of the molecule is CN(CCC(=O)NC1CCCc2ccccc21)CC(=O)NC1CC1. The number of carbonyl (C=O) groups excluding carboxylic acids is 2. The fourth-order valence-corrected chi connectivity index (χ4v) is 3.29. The molecule has 0 radical (unpaired) electrons. The van der Waals surface area contributed by atoms with Gasteiger partial charge < -0.3 is 10.6 Å². The number of rotatable bonds is 7. The van der Waals surface area contributed by atoms with Crippen molar-refractivity contribution in [3.8, 4) is 0 Å². The van der Waals surface area contributed by atoms with Gasteiger partial charge in [0.15, 0.2) is 0 Å². The van der Waals surface area contributed by atoms with Crippen molar-refractivity contribution in [3.63, 3.8) is 0 Å². The van der Waals surface area contributed by atoms with Crippen molar-refractivity contribution in [3.05, 3.63) is 35.4 Å². The summed E-state index contributed by atoms with van der Waals surface area (Å²) in [5.74, 6) is 0.118. The van der Waals surface area contributed by atoms with E-state index < -0.39 is 0 Å². The van der Waals surface area contributed by atoms with Crippen molar-refractivity contribution in [2.45, 2.75) is 50.6 Å². The van der Waals surface area contributed by atoms with E-state index in [1.807, 2.05) is 18.0 Å². The molecule has 1 aromatic carbocycles. The van der Waals surface area contributed by atoms with Crippen LogP contribution >= 0.6 is 0 Å². The van der Waals surface area contributed by atoms with E-state index in [2.05, 4.69) is 28.8 Å². The monoisotopic (exact) mass is 329 g/mol. The molecular formula is C19H27N3O2. The molecule has 2 N–H and O–H groups in total. The molecule has 0 aliphatic heterocycles. The summed E-state index contributed by atoms with van der Waals surface area (Å²) in [5, 5.41) is 6.13. The number of aryl methyl sites for hydroxylation is 1. The van der Waals surface area contributed by atoms with Crippen LogP contribution in [0.5, 0.6) is 0 Å². The highest BCUT2D eigenvalue weighted by Gasteiger charge is 2.24. The van der Waals surface area contributed by atoms with Gasteiger partial charge in [0, 0.05) is 19.0 Å². The third-order valence-electron chi connectivity index (χ3n) is 4.78. The summed E-state index contributed by atoms with van der Waals surface area (Å²) in [6.07, 6.45) is 5.83. The lowest BCUT2D eigenvalue weighted by molar-refractivity contribution is -0.124. The van der Waals surface area contributed by atoms with Crippen molar-refractivity contribution in [2.75, 3.05) is 20.1 Å². The van der Waals surface area contributed by atoms with E-state index in [-0.39, 0.29) is 17.9 Å². The standard InChI is InChI=1S/C19H27N3O2/c1-22(13-19(24)20-15-9-10-15)12-11-18(23)21-17-8-4-6-14-5-2-3-7-16(14)17/h2-3,5,7,15,17H,4,6,8-13H2,1H3,(H,20,24)(H,21,23). The summed E-state index contributed by atoms with van der Waals surface area (Å²) in [6.45, 7) is 0.953. The van der Waals surface area contributed by atoms with Crippen LogP contribution in [0.2, 0.25) is 0 Å². The Bertz CT molecular complexity index is 598. The van der Waals surface area contributed by atoms with Crippen molar-refractivity contribution in [1.82, 2.24) is 15.5 Å². The summed E-state index contributed by atoms with van der Waals surface area (Å²) in [6, 6.07) is 8.89. The van der Waals surface area contributed by atoms with Gasteiger partial charge in [0.1, 0.15) is 0 Å². The third-order valence-corrected chi connectivity index (χ3v) is 4.78. The van der Waals surface area contributed by atoms with Gasteiger partial charge in [0.25, 0.3) is 0 Å². The first-order valence-electron chi connectivity index (χ1n) is 8.97. The van der Waals surface area contributed by atoms with E-state index in [1.54, 1.807) is 0 Å². The number of likely N-dealkylation sites (N-methyl/N-ethyl adjacent to an activating group) is 1. The predicted octanol–water partition coefficient (Wildman–Crippen LogP) is 1.78. The van der Waals surface area contributed by atoms with Gasteiger partial charge in [0.2, 0.25) is 11.8 Å². The Morgan fingerprint density at radius 3 is 2.71 bits per heavy atom. The van der Waals surface area contributed by atoms with Gasteiger partial charge in [0.05, 0.1) is 12.6 Å². The summed E-state index contributed by atoms with van der Waals surface area (Å²) in [7, 11) is 1.88. The molecule has 5 nitrogen and oxygen atoms in total. The third kappa shape index (κ3) is 4.81. The summed E-state index contributed by atoms with van der Waals surface area (Å²) >= 11 is 0. The van der Waals surface area contributed by atoms with E-state index in [0.717, 1.165) is 32.1 Å². The molecule has 3 rings (SSSR count). The molecular weight excluding hydrogens is 302 g/mol. The molecule has 0 saturated heterocycles. The lowest BCUT2D eigenvalue weighted by Gasteiger charge is -2.26. The second kappa shape index (κ2) is 7.79. The molecule has 2 amide bonds. The van der Waals surface area contributed by atoms with Gasteiger partial charge in [-0.15, -0.1) is 0 Å². The minimum Gasteiger partial charge on any atom is -0.352 e. The van der Waals surface area contributed by atoms with Crippen LogP contribution in [0.1, 0.15) is 49.3 Å². The highest BCUT2D eigenvalue weighted by molar-refractivity contribution is 5.79. The van der Waals surface area contributed by atoms with Gasteiger partial charge in [-0.2, -0.15) is 0 Å². The van der Waals surface area contributed by atoms with Crippen LogP contribution in [0.15, 0.2) is 24.3 Å². The largest absolute Gasteiger partial charge is 0.352 e. The molecule has 2 aliphatic rings. The number of hydrogen-bond acceptors (Lipinski definition) is 3. The van der Waals surface area contributed by atoms with Crippen molar-refractivity contribution < 1.29 is 9.59 Å². The van der Waals surface area contributed by atoms with Crippen molar-refractivity contribution in [1.29, 1.82) is 0 Å². The highest BCUT2D eigenvalue weighted by atomic mass is 16.2. The topological polar surface area (TPSA) is 61.4 Å². The number of amides is 2. The minimum atomic E-state index is 0.0571. The first-order chi connectivity index (χ1) is 11.6. The van der Waals surface area contributed by atoms with Crippen LogP contribution in [0.25, 0.3) is 0 Å². The van der Waals surface area contributed by atoms with Gasteiger partial charge in [-0.3, -0.25) is 14.5 Å². The van der Waals surface area contributed by atoms with Gasteiger partial charge in [-0.05, 0) is 50.3 Å². The number of nitrogens with zero attached hydrogens (tertiary/aromatic N) is 1. The molecule has 1 aromatic rings. The van der Waals surface area contributed by atoms with E-state index >= 15 is 0 Å². The molecule has 0 spiro atoms. The van der Waals surface area contributed by atoms with Crippen LogP contribution in [0.3, 0.4) is 0 Å². The highest BCUT2D eigenvalue weighted by Crippen LogP contribution is 2.29. The molecule has 0 aromatic heterocycles. The molecule has 1 atom stereocenters. The van der Waals surface area contributed by atoms with Gasteiger partial charge >= 0.3 is 0 Å². The zero-order valence-electron chi connectivity index (χ0n) is 14.4. The number of nitrogens with one attached hydrogen (secondary N) is 2. The van der Waals surface area contributed by atoms with Crippen molar-refractivity contribution in [2.24, 2.45) is 0 Å². The summed E-state index contributed by atoms with van der Waals surface area (Å²) in [4.78, 5) is 25.9. The van der Waals surface area contributed by atoms with Crippen molar-refractivity contribution >= 4 is 11.8 Å². The number of hydrogen-bond donors (Lipinski definition) is 2. The fourth-order valence-electron chi connectivity index (χ4n) is 3.29. The second-order valence-corrected chi connectivity index (χ2v) is 7.04. The molecule has 1 fully saturated rings. The first kappa shape index (κ1) is 17.0. The molecule has 0 heterocycles. The average molecular weight is 329 g/mol. The van der Waals surface area contributed by atoms with Gasteiger partial charge in [-0.25, -0.2) is 0 Å². The first-order valence-corrected chi connectivity index (χ1v) is 8.97. The molecule has 2 aliphatic carbocycles. The Balaban J connectivity index is 1.42. The zero-order chi connectivity index (χ0) is 16.9. The predicted molar refractivity (Wildman–Crippen MR) is 93.5 cm³/mol. The molecule has 1 unspecified atom stereocenters. The van der Waals surface area contributed by atoms with Crippen LogP contribution in [-0.4, -0.2) is 42.9 Å². The van der Waals surface area contributed by atoms with Gasteiger partial charge in [-0.1, -0.05) is 24.3 Å². The summed E-state index contributed by atoms with van der Waals surface area (Å²) < 4.78 is 0. The molecule has 0 bridgehead atoms. The molecule has 1 saturated carbocycles. The van der Waals surface area contributed by atoms with Crippen LogP contribution < -0.4 is 10.6 Å². The Labute approximate surface area is 143 Å². The summed E-state index contributed by atoms with van der Waals surface area (Å²) in [5.41, 5.74) is 2.61. The average Bonchev–Trinajstić information content (AvgIpc) is 3.37. The lowest BCUT2D eigenvalue weighted by Crippen LogP contribution is -2.38. The minimum absolute atomic E-state index is 0.0571. The van der Waals surface area contributed by atoms with E-state index in [1.165, 1.54) is 11.1 Å². The van der Waals surface area contributed by atoms with Crippen LogP contribution in [0, 0.1) is 0 Å². The van der Waals surface area contributed by atoms with E-state index in [4.69, 9.17) is 0 Å². The fraction of sp³-hybridized carbons (Fsp3) is 0.579. The Morgan fingerprint density at radius 1 is 1.12 bits per heavy atom. The molecule has 24 heavy (non-hydrogen) atoms. The number of fused-ring (bicyclic) bond motifs is 1. The molecule has 130 valence electrons. The van der Waals surface area contributed by atoms with Crippen LogP contribution in [-0.2, 0) is 16.0 Å². The lowest BCUT2D eigenvalue weighted by atomic mass is 9.87. The normalized spacial score (nSPS) is 19.7. The number of carbonyl (C=O) groups is 2. The maximum atomic E-state index is 12.3. The zero-order valence-corrected chi connectivity index (χ0v) is 14.4. The quantitative estimate of drug-likeness (QED) is 0.802. The molecule has 5 heteroatoms. The maximum absolute atomic E-state index is 12.3. The van der Waals surface area contributed by atoms with Crippen LogP contribution in [0.4, 0.5) is 0 Å². The Kier molecular flexibility index (Phi) is 5.51. The number of benzene rings is 1. The van der Waals surface area contributed by atoms with E-state index in [0.29, 0.717) is 25.6 Å². The smallest absolute Gasteiger partial charge is 0.234 e. The van der Waals surface area contributed by atoms with E-state index in [9.17, 15) is 9.59 Å². The Hall–Kier alpha value is -1.88.